The second-order valence-electron chi connectivity index (χ2n) is 4.33. The SMILES string of the molecule is Cc1csc(SCC(=O)N(CCC#N)c2ccccc2)n1. The van der Waals surface area contributed by atoms with Gasteiger partial charge in [0.2, 0.25) is 5.91 Å². The molecule has 6 heteroatoms. The predicted octanol–water partition coefficient (Wildman–Crippen LogP) is 3.49. The molecule has 2 rings (SSSR count). The number of rotatable bonds is 6. The summed E-state index contributed by atoms with van der Waals surface area (Å²) in [5.74, 6) is 0.321. The Morgan fingerprint density at radius 1 is 1.43 bits per heavy atom. The van der Waals surface area contributed by atoms with Crippen molar-refractivity contribution in [1.29, 1.82) is 5.26 Å². The van der Waals surface area contributed by atoms with E-state index in [0.717, 1.165) is 15.7 Å². The quantitative estimate of drug-likeness (QED) is 0.765. The number of hydrogen-bond donors (Lipinski definition) is 0. The summed E-state index contributed by atoms with van der Waals surface area (Å²) in [5, 5.41) is 10.7. The van der Waals surface area contributed by atoms with E-state index >= 15 is 0 Å². The van der Waals surface area contributed by atoms with Crippen LogP contribution in [0.1, 0.15) is 12.1 Å². The predicted molar refractivity (Wildman–Crippen MR) is 86.6 cm³/mol. The summed E-state index contributed by atoms with van der Waals surface area (Å²) in [4.78, 5) is 18.4. The summed E-state index contributed by atoms with van der Waals surface area (Å²) in [7, 11) is 0. The molecule has 2 aromatic rings. The van der Waals surface area contributed by atoms with E-state index in [1.54, 1.807) is 16.2 Å². The lowest BCUT2D eigenvalue weighted by atomic mass is 10.2. The van der Waals surface area contributed by atoms with Crippen LogP contribution in [0, 0.1) is 18.3 Å². The Balaban J connectivity index is 2.02. The van der Waals surface area contributed by atoms with Crippen LogP contribution in [0.15, 0.2) is 40.1 Å². The Kier molecular flexibility index (Phi) is 5.78. The molecule has 0 aliphatic heterocycles. The number of thiazole rings is 1. The molecule has 0 N–H and O–H groups in total. The molecule has 0 aliphatic carbocycles. The van der Waals surface area contributed by atoms with Gasteiger partial charge in [0.25, 0.3) is 0 Å². The second kappa shape index (κ2) is 7.81. The van der Waals surface area contributed by atoms with E-state index in [4.69, 9.17) is 5.26 Å². The molecule has 0 saturated heterocycles. The normalized spacial score (nSPS) is 10.1. The molecule has 4 nitrogen and oxygen atoms in total. The van der Waals surface area contributed by atoms with Gasteiger partial charge < -0.3 is 4.90 Å². The van der Waals surface area contributed by atoms with E-state index < -0.39 is 0 Å². The monoisotopic (exact) mass is 317 g/mol. The zero-order valence-corrected chi connectivity index (χ0v) is 13.3. The van der Waals surface area contributed by atoms with Gasteiger partial charge in [0.05, 0.1) is 18.2 Å². The van der Waals surface area contributed by atoms with Gasteiger partial charge in [-0.2, -0.15) is 5.26 Å². The fourth-order valence-corrected chi connectivity index (χ4v) is 3.49. The molecule has 108 valence electrons. The Morgan fingerprint density at radius 3 is 2.81 bits per heavy atom. The summed E-state index contributed by atoms with van der Waals surface area (Å²) in [6.45, 7) is 2.35. The van der Waals surface area contributed by atoms with Crippen LogP contribution in [0.3, 0.4) is 0 Å². The molecule has 0 spiro atoms. The molecule has 0 saturated carbocycles. The summed E-state index contributed by atoms with van der Waals surface area (Å²) in [6.07, 6.45) is 0.321. The highest BCUT2D eigenvalue weighted by atomic mass is 32.2. The summed E-state index contributed by atoms with van der Waals surface area (Å²) >= 11 is 2.98. The first-order valence-electron chi connectivity index (χ1n) is 6.48. The lowest BCUT2D eigenvalue weighted by Gasteiger charge is -2.21. The van der Waals surface area contributed by atoms with E-state index in [1.807, 2.05) is 42.6 Å². The Labute approximate surface area is 132 Å². The highest BCUT2D eigenvalue weighted by Gasteiger charge is 2.16. The average Bonchev–Trinajstić information content (AvgIpc) is 2.92. The summed E-state index contributed by atoms with van der Waals surface area (Å²) < 4.78 is 0.897. The molecule has 0 fully saturated rings. The molecule has 0 unspecified atom stereocenters. The summed E-state index contributed by atoms with van der Waals surface area (Å²) in [5.41, 5.74) is 1.80. The van der Waals surface area contributed by atoms with Crippen molar-refractivity contribution in [3.63, 3.8) is 0 Å². The fourth-order valence-electron chi connectivity index (χ4n) is 1.77. The maximum atomic E-state index is 12.4. The number of para-hydroxylation sites is 1. The number of amides is 1. The molecule has 1 amide bonds. The van der Waals surface area contributed by atoms with Gasteiger partial charge in [-0.1, -0.05) is 30.0 Å². The lowest BCUT2D eigenvalue weighted by molar-refractivity contribution is -0.116. The Bertz CT molecular complexity index is 634. The van der Waals surface area contributed by atoms with Crippen molar-refractivity contribution in [3.8, 4) is 6.07 Å². The summed E-state index contributed by atoms with van der Waals surface area (Å²) in [6, 6.07) is 11.5. The molecule has 0 bridgehead atoms. The highest BCUT2D eigenvalue weighted by Crippen LogP contribution is 2.23. The number of benzene rings is 1. The zero-order valence-electron chi connectivity index (χ0n) is 11.7. The number of thioether (sulfide) groups is 1. The third-order valence-corrected chi connectivity index (χ3v) is 4.86. The minimum Gasteiger partial charge on any atom is -0.311 e. The van der Waals surface area contributed by atoms with Crippen molar-refractivity contribution >= 4 is 34.7 Å². The van der Waals surface area contributed by atoms with Crippen LogP contribution in [0.5, 0.6) is 0 Å². The number of aryl methyl sites for hydroxylation is 1. The fraction of sp³-hybridized carbons (Fsp3) is 0.267. The molecule has 1 heterocycles. The van der Waals surface area contributed by atoms with Crippen LogP contribution in [-0.2, 0) is 4.79 Å². The van der Waals surface area contributed by atoms with Crippen molar-refractivity contribution in [2.24, 2.45) is 0 Å². The maximum absolute atomic E-state index is 12.4. The number of carbonyl (C=O) groups is 1. The van der Waals surface area contributed by atoms with Crippen LogP contribution in [0.25, 0.3) is 0 Å². The number of hydrogen-bond acceptors (Lipinski definition) is 5. The lowest BCUT2D eigenvalue weighted by Crippen LogP contribution is -2.33. The van der Waals surface area contributed by atoms with E-state index in [-0.39, 0.29) is 5.91 Å². The van der Waals surface area contributed by atoms with Crippen molar-refractivity contribution < 1.29 is 4.79 Å². The van der Waals surface area contributed by atoms with Crippen LogP contribution < -0.4 is 4.90 Å². The Hall–Kier alpha value is -1.84. The van der Waals surface area contributed by atoms with Gasteiger partial charge in [-0.3, -0.25) is 4.79 Å². The molecule has 0 radical (unpaired) electrons. The molecular formula is C15H15N3OS2. The van der Waals surface area contributed by atoms with Gasteiger partial charge in [0, 0.05) is 23.3 Å². The van der Waals surface area contributed by atoms with Gasteiger partial charge in [-0.25, -0.2) is 4.98 Å². The number of nitrogens with zero attached hydrogens (tertiary/aromatic N) is 3. The highest BCUT2D eigenvalue weighted by molar-refractivity contribution is 8.01. The van der Waals surface area contributed by atoms with E-state index in [1.165, 1.54) is 11.8 Å². The number of aromatic nitrogens is 1. The largest absolute Gasteiger partial charge is 0.311 e. The van der Waals surface area contributed by atoms with Gasteiger partial charge in [-0.05, 0) is 19.1 Å². The van der Waals surface area contributed by atoms with Crippen molar-refractivity contribution in [1.82, 2.24) is 4.98 Å². The van der Waals surface area contributed by atoms with Crippen LogP contribution in [0.4, 0.5) is 5.69 Å². The van der Waals surface area contributed by atoms with E-state index in [9.17, 15) is 4.79 Å². The molecular weight excluding hydrogens is 302 g/mol. The van der Waals surface area contributed by atoms with Crippen LogP contribution >= 0.6 is 23.1 Å². The topological polar surface area (TPSA) is 57.0 Å². The van der Waals surface area contributed by atoms with Crippen LogP contribution in [0.2, 0.25) is 0 Å². The number of carbonyl (C=O) groups excluding carboxylic acids is 1. The van der Waals surface area contributed by atoms with Crippen molar-refractivity contribution in [2.45, 2.75) is 17.7 Å². The molecule has 1 aromatic heterocycles. The molecule has 0 aliphatic rings. The molecule has 21 heavy (non-hydrogen) atoms. The molecule has 0 atom stereocenters. The second-order valence-corrected chi connectivity index (χ2v) is 6.41. The first-order chi connectivity index (χ1) is 10.2. The maximum Gasteiger partial charge on any atom is 0.237 e. The smallest absolute Gasteiger partial charge is 0.237 e. The standard InChI is InChI=1S/C15H15N3OS2/c1-12-10-20-15(17-12)21-11-14(19)18(9-5-8-16)13-6-3-2-4-7-13/h2-4,6-7,10H,5,9,11H2,1H3. The van der Waals surface area contributed by atoms with Gasteiger partial charge in [0.1, 0.15) is 0 Å². The van der Waals surface area contributed by atoms with Gasteiger partial charge in [0.15, 0.2) is 4.34 Å². The number of anilines is 1. The van der Waals surface area contributed by atoms with Crippen molar-refractivity contribution in [2.75, 3.05) is 17.2 Å². The number of nitriles is 1. The minimum absolute atomic E-state index is 0.00527. The third kappa shape index (κ3) is 4.59. The first kappa shape index (κ1) is 15.5. The third-order valence-electron chi connectivity index (χ3n) is 2.73. The van der Waals surface area contributed by atoms with Gasteiger partial charge in [-0.15, -0.1) is 11.3 Å². The van der Waals surface area contributed by atoms with Crippen molar-refractivity contribution in [3.05, 3.63) is 41.4 Å². The zero-order chi connectivity index (χ0) is 15.1. The van der Waals surface area contributed by atoms with Crippen LogP contribution in [-0.4, -0.2) is 23.2 Å². The molecule has 1 aromatic carbocycles. The Morgan fingerprint density at radius 2 is 2.19 bits per heavy atom. The minimum atomic E-state index is -0.00527. The van der Waals surface area contributed by atoms with E-state index in [0.29, 0.717) is 18.7 Å². The van der Waals surface area contributed by atoms with Gasteiger partial charge >= 0.3 is 0 Å². The van der Waals surface area contributed by atoms with E-state index in [2.05, 4.69) is 11.1 Å². The first-order valence-corrected chi connectivity index (χ1v) is 8.34. The average molecular weight is 317 g/mol.